The number of hydrogen-bond donors (Lipinski definition) is 2. The predicted molar refractivity (Wildman–Crippen MR) is 116 cm³/mol. The molecule has 2 rings (SSSR count). The van der Waals surface area contributed by atoms with Gasteiger partial charge in [0.1, 0.15) is 18.1 Å². The molecule has 0 aromatic heterocycles. The van der Waals surface area contributed by atoms with Crippen LogP contribution in [-0.2, 0) is 25.6 Å². The van der Waals surface area contributed by atoms with E-state index >= 15 is 0 Å². The molecule has 1 fully saturated rings. The fourth-order valence-electron chi connectivity index (χ4n) is 3.98. The van der Waals surface area contributed by atoms with Crippen molar-refractivity contribution in [3.05, 3.63) is 42.5 Å². The zero-order valence-electron chi connectivity index (χ0n) is 18.3. The van der Waals surface area contributed by atoms with Gasteiger partial charge < -0.3 is 25.0 Å². The van der Waals surface area contributed by atoms with E-state index in [0.29, 0.717) is 31.4 Å². The molecule has 0 aliphatic carbocycles. The molecule has 3 atom stereocenters. The first kappa shape index (κ1) is 24.1. The van der Waals surface area contributed by atoms with Crippen LogP contribution in [0.5, 0.6) is 5.75 Å². The van der Waals surface area contributed by atoms with Crippen molar-refractivity contribution in [3.8, 4) is 5.75 Å². The van der Waals surface area contributed by atoms with E-state index in [1.54, 1.807) is 24.1 Å². The van der Waals surface area contributed by atoms with Crippen molar-refractivity contribution in [2.45, 2.75) is 38.8 Å². The standard InChI is InChI=1S/C23H31N3O5/c1-5-20(29)26-10-9-17(13-26)23(31)25(4)21(15(2)3)22(30)24-18(14-27)11-16-7-6-8-19(28)12-16/h5-8,12,14-15,17-18,21,28H,1,9-11,13H2,2-4H3,(H,24,30)/t17-,18-,21-/m0/s1. The van der Waals surface area contributed by atoms with Crippen molar-refractivity contribution < 1.29 is 24.3 Å². The number of likely N-dealkylation sites (tertiary alicyclic amines) is 1. The second-order valence-electron chi connectivity index (χ2n) is 8.24. The maximum atomic E-state index is 13.0. The van der Waals surface area contributed by atoms with E-state index in [0.717, 1.165) is 0 Å². The van der Waals surface area contributed by atoms with Crippen LogP contribution in [-0.4, -0.2) is 71.1 Å². The van der Waals surface area contributed by atoms with Gasteiger partial charge in [0.05, 0.1) is 12.0 Å². The smallest absolute Gasteiger partial charge is 0.245 e. The zero-order valence-corrected chi connectivity index (χ0v) is 18.3. The van der Waals surface area contributed by atoms with Crippen molar-refractivity contribution in [2.24, 2.45) is 11.8 Å². The molecule has 0 spiro atoms. The molecule has 1 saturated heterocycles. The Morgan fingerprint density at radius 1 is 1.35 bits per heavy atom. The van der Waals surface area contributed by atoms with Gasteiger partial charge in [0.2, 0.25) is 17.7 Å². The van der Waals surface area contributed by atoms with Crippen LogP contribution in [0, 0.1) is 11.8 Å². The summed E-state index contributed by atoms with van der Waals surface area (Å²) >= 11 is 0. The molecule has 2 N–H and O–H groups in total. The minimum Gasteiger partial charge on any atom is -0.508 e. The highest BCUT2D eigenvalue weighted by Gasteiger charge is 2.37. The fourth-order valence-corrected chi connectivity index (χ4v) is 3.98. The van der Waals surface area contributed by atoms with Gasteiger partial charge in [-0.15, -0.1) is 0 Å². The third-order valence-corrected chi connectivity index (χ3v) is 5.55. The van der Waals surface area contributed by atoms with Crippen LogP contribution in [0.2, 0.25) is 0 Å². The number of aromatic hydroxyl groups is 1. The molecule has 31 heavy (non-hydrogen) atoms. The van der Waals surface area contributed by atoms with Crippen LogP contribution < -0.4 is 5.32 Å². The third kappa shape index (κ3) is 6.16. The van der Waals surface area contributed by atoms with E-state index in [-0.39, 0.29) is 35.8 Å². The number of hydrogen-bond acceptors (Lipinski definition) is 5. The fraction of sp³-hybridized carbons (Fsp3) is 0.478. The van der Waals surface area contributed by atoms with Crippen molar-refractivity contribution in [1.82, 2.24) is 15.1 Å². The molecule has 1 heterocycles. The van der Waals surface area contributed by atoms with Gasteiger partial charge in [-0.25, -0.2) is 0 Å². The molecule has 0 saturated carbocycles. The molecular formula is C23H31N3O5. The molecular weight excluding hydrogens is 398 g/mol. The van der Waals surface area contributed by atoms with Gasteiger partial charge in [0.25, 0.3) is 0 Å². The Labute approximate surface area is 182 Å². The lowest BCUT2D eigenvalue weighted by Crippen LogP contribution is -2.54. The van der Waals surface area contributed by atoms with Crippen LogP contribution in [0.3, 0.4) is 0 Å². The molecule has 0 unspecified atom stereocenters. The maximum absolute atomic E-state index is 13.0. The Hall–Kier alpha value is -3.16. The summed E-state index contributed by atoms with van der Waals surface area (Å²) in [7, 11) is 1.58. The van der Waals surface area contributed by atoms with E-state index < -0.39 is 18.0 Å². The predicted octanol–water partition coefficient (Wildman–Crippen LogP) is 1.14. The van der Waals surface area contributed by atoms with Crippen molar-refractivity contribution in [3.63, 3.8) is 0 Å². The van der Waals surface area contributed by atoms with Crippen molar-refractivity contribution in [2.75, 3.05) is 20.1 Å². The number of carbonyl (C=O) groups is 4. The Kier molecular flexibility index (Phi) is 8.36. The summed E-state index contributed by atoms with van der Waals surface area (Å²) in [6.45, 7) is 7.92. The average molecular weight is 430 g/mol. The van der Waals surface area contributed by atoms with Gasteiger partial charge in [-0.2, -0.15) is 0 Å². The average Bonchev–Trinajstić information content (AvgIpc) is 3.22. The molecule has 1 aliphatic rings. The van der Waals surface area contributed by atoms with Gasteiger partial charge >= 0.3 is 0 Å². The minimum atomic E-state index is -0.786. The van der Waals surface area contributed by atoms with E-state index in [4.69, 9.17) is 0 Å². The summed E-state index contributed by atoms with van der Waals surface area (Å²) in [6.07, 6.45) is 2.64. The summed E-state index contributed by atoms with van der Waals surface area (Å²) in [5.74, 6) is -1.31. The van der Waals surface area contributed by atoms with Crippen LogP contribution in [0.4, 0.5) is 0 Å². The lowest BCUT2D eigenvalue weighted by Gasteiger charge is -2.32. The highest BCUT2D eigenvalue weighted by atomic mass is 16.3. The maximum Gasteiger partial charge on any atom is 0.245 e. The van der Waals surface area contributed by atoms with Crippen LogP contribution in [0.15, 0.2) is 36.9 Å². The lowest BCUT2D eigenvalue weighted by molar-refractivity contribution is -0.143. The Morgan fingerprint density at radius 2 is 2.06 bits per heavy atom. The monoisotopic (exact) mass is 429 g/mol. The van der Waals surface area contributed by atoms with E-state index in [1.807, 2.05) is 13.8 Å². The Morgan fingerprint density at radius 3 is 2.65 bits per heavy atom. The van der Waals surface area contributed by atoms with E-state index in [2.05, 4.69) is 11.9 Å². The SMILES string of the molecule is C=CC(=O)N1CC[C@H](C(=O)N(C)[C@H](C(=O)N[C@H](C=O)Cc2cccc(O)c2)C(C)C)C1. The van der Waals surface area contributed by atoms with Gasteiger partial charge in [-0.05, 0) is 42.5 Å². The molecule has 168 valence electrons. The lowest BCUT2D eigenvalue weighted by atomic mass is 9.98. The van der Waals surface area contributed by atoms with Crippen molar-refractivity contribution in [1.29, 1.82) is 0 Å². The molecule has 1 aliphatic heterocycles. The van der Waals surface area contributed by atoms with Gasteiger partial charge in [-0.1, -0.05) is 32.6 Å². The Bertz CT molecular complexity index is 838. The number of phenols is 1. The van der Waals surface area contributed by atoms with E-state index in [1.165, 1.54) is 23.1 Å². The highest BCUT2D eigenvalue weighted by molar-refractivity contribution is 5.91. The summed E-state index contributed by atoms with van der Waals surface area (Å²) in [5, 5.41) is 12.3. The normalized spacial score (nSPS) is 17.7. The van der Waals surface area contributed by atoms with Crippen LogP contribution in [0.25, 0.3) is 0 Å². The molecule has 3 amide bonds. The van der Waals surface area contributed by atoms with Crippen LogP contribution in [0.1, 0.15) is 25.8 Å². The zero-order chi connectivity index (χ0) is 23.1. The van der Waals surface area contributed by atoms with Crippen molar-refractivity contribution >= 4 is 24.0 Å². The molecule has 0 bridgehead atoms. The first-order valence-corrected chi connectivity index (χ1v) is 10.4. The summed E-state index contributed by atoms with van der Waals surface area (Å²) in [4.78, 5) is 52.4. The number of benzene rings is 1. The van der Waals surface area contributed by atoms with Gasteiger partial charge in [0.15, 0.2) is 0 Å². The molecule has 0 radical (unpaired) electrons. The number of rotatable bonds is 9. The summed E-state index contributed by atoms with van der Waals surface area (Å²) in [6, 6.07) is 4.94. The Balaban J connectivity index is 2.06. The highest BCUT2D eigenvalue weighted by Crippen LogP contribution is 2.22. The molecule has 8 heteroatoms. The molecule has 1 aromatic carbocycles. The number of amides is 3. The van der Waals surface area contributed by atoms with Gasteiger partial charge in [0, 0.05) is 20.1 Å². The number of nitrogens with zero attached hydrogens (tertiary/aromatic N) is 2. The topological polar surface area (TPSA) is 107 Å². The second kappa shape index (κ2) is 10.7. The summed E-state index contributed by atoms with van der Waals surface area (Å²) in [5.41, 5.74) is 0.709. The first-order valence-electron chi connectivity index (χ1n) is 10.4. The largest absolute Gasteiger partial charge is 0.508 e. The number of aldehydes is 1. The van der Waals surface area contributed by atoms with Gasteiger partial charge in [-0.3, -0.25) is 14.4 Å². The first-order chi connectivity index (χ1) is 14.7. The number of phenolic OH excluding ortho intramolecular Hbond substituents is 1. The third-order valence-electron chi connectivity index (χ3n) is 5.55. The number of carbonyl (C=O) groups excluding carboxylic acids is 4. The quantitative estimate of drug-likeness (QED) is 0.452. The summed E-state index contributed by atoms with van der Waals surface area (Å²) < 4.78 is 0. The number of nitrogens with one attached hydrogen (secondary N) is 1. The molecule has 1 aromatic rings. The number of likely N-dealkylation sites (N-methyl/N-ethyl adjacent to an activating group) is 1. The molecule has 8 nitrogen and oxygen atoms in total. The second-order valence-corrected chi connectivity index (χ2v) is 8.24. The van der Waals surface area contributed by atoms with Crippen LogP contribution >= 0.6 is 0 Å². The minimum absolute atomic E-state index is 0.0828. The van der Waals surface area contributed by atoms with E-state index in [9.17, 15) is 24.3 Å².